The van der Waals surface area contributed by atoms with E-state index in [2.05, 4.69) is 91.7 Å². The van der Waals surface area contributed by atoms with Crippen molar-refractivity contribution in [1.29, 1.82) is 0 Å². The van der Waals surface area contributed by atoms with Gasteiger partial charge in [-0.05, 0) is 132 Å². The highest BCUT2D eigenvalue weighted by molar-refractivity contribution is 4.93. The molecule has 0 N–H and O–H groups in total. The summed E-state index contributed by atoms with van der Waals surface area (Å²) in [5.74, 6) is 1.76. The minimum absolute atomic E-state index is 0.288. The standard InChI is InChI=1S/C35H70N6/c1-30(2)38-16-10-11-32(29-38)28-37-21-25-41(26-22-37)35(8,9)15-14-34(6,7)40-17-12-31(13-18-40)27-36-19-23-39(24-20-36)33(3,4)5/h30-32H,10-29H2,1-9H3/t32-/m1/s1. The second kappa shape index (κ2) is 14.2. The fraction of sp³-hybridized carbons (Fsp3) is 1.00. The molecule has 6 heteroatoms. The van der Waals surface area contributed by atoms with Gasteiger partial charge in [0.15, 0.2) is 0 Å². The van der Waals surface area contributed by atoms with Crippen LogP contribution in [0.25, 0.3) is 0 Å². The summed E-state index contributed by atoms with van der Waals surface area (Å²) in [5.41, 5.74) is 0.901. The summed E-state index contributed by atoms with van der Waals surface area (Å²) in [4.78, 5) is 16.5. The average molecular weight is 575 g/mol. The van der Waals surface area contributed by atoms with Gasteiger partial charge < -0.3 is 14.7 Å². The number of piperazine rings is 2. The largest absolute Gasteiger partial charge is 0.301 e. The van der Waals surface area contributed by atoms with Gasteiger partial charge in [0.25, 0.3) is 0 Å². The van der Waals surface area contributed by atoms with Crippen molar-refractivity contribution in [3.05, 3.63) is 0 Å². The summed E-state index contributed by atoms with van der Waals surface area (Å²) in [6, 6.07) is 0.700. The molecule has 0 saturated carbocycles. The second-order valence-corrected chi connectivity index (χ2v) is 16.9. The smallest absolute Gasteiger partial charge is 0.0155 e. The Bertz CT molecular complexity index is 764. The van der Waals surface area contributed by atoms with Gasteiger partial charge in [0.1, 0.15) is 0 Å². The fourth-order valence-corrected chi connectivity index (χ4v) is 8.23. The Morgan fingerprint density at radius 2 is 1.00 bits per heavy atom. The molecule has 0 bridgehead atoms. The van der Waals surface area contributed by atoms with Crippen LogP contribution >= 0.6 is 0 Å². The third kappa shape index (κ3) is 9.62. The topological polar surface area (TPSA) is 19.4 Å². The molecule has 240 valence electrons. The van der Waals surface area contributed by atoms with E-state index in [0.29, 0.717) is 17.1 Å². The van der Waals surface area contributed by atoms with Crippen molar-refractivity contribution in [3.63, 3.8) is 0 Å². The zero-order valence-electron chi connectivity index (χ0n) is 29.1. The number of nitrogens with zero attached hydrogens (tertiary/aromatic N) is 6. The van der Waals surface area contributed by atoms with Gasteiger partial charge in [0.2, 0.25) is 0 Å². The summed E-state index contributed by atoms with van der Waals surface area (Å²) >= 11 is 0. The molecule has 0 amide bonds. The van der Waals surface area contributed by atoms with Crippen LogP contribution < -0.4 is 0 Å². The lowest BCUT2D eigenvalue weighted by Crippen LogP contribution is -2.57. The normalized spacial score (nSPS) is 27.2. The van der Waals surface area contributed by atoms with E-state index in [1.165, 1.54) is 130 Å². The van der Waals surface area contributed by atoms with Crippen molar-refractivity contribution < 1.29 is 0 Å². The van der Waals surface area contributed by atoms with E-state index in [9.17, 15) is 0 Å². The third-order valence-corrected chi connectivity index (χ3v) is 11.7. The van der Waals surface area contributed by atoms with Crippen LogP contribution in [0.1, 0.15) is 101 Å². The van der Waals surface area contributed by atoms with Gasteiger partial charge in [-0.2, -0.15) is 0 Å². The monoisotopic (exact) mass is 575 g/mol. The number of rotatable bonds is 10. The van der Waals surface area contributed by atoms with Crippen LogP contribution in [0, 0.1) is 11.8 Å². The van der Waals surface area contributed by atoms with Gasteiger partial charge in [0, 0.05) is 94.7 Å². The maximum atomic E-state index is 2.83. The molecule has 1 atom stereocenters. The Labute approximate surface area is 256 Å². The minimum atomic E-state index is 0.288. The molecule has 4 saturated heterocycles. The first-order valence-corrected chi connectivity index (χ1v) is 17.7. The van der Waals surface area contributed by atoms with Crippen molar-refractivity contribution in [1.82, 2.24) is 29.4 Å². The van der Waals surface area contributed by atoms with Crippen LogP contribution in [0.4, 0.5) is 0 Å². The number of hydrogen-bond donors (Lipinski definition) is 0. The van der Waals surface area contributed by atoms with Gasteiger partial charge in [-0.1, -0.05) is 0 Å². The summed E-state index contributed by atoms with van der Waals surface area (Å²) < 4.78 is 0. The number of piperidine rings is 2. The molecule has 41 heavy (non-hydrogen) atoms. The molecule has 6 nitrogen and oxygen atoms in total. The summed E-state index contributed by atoms with van der Waals surface area (Å²) in [5, 5.41) is 0. The van der Waals surface area contributed by atoms with Crippen molar-refractivity contribution in [2.24, 2.45) is 11.8 Å². The first kappa shape index (κ1) is 33.6. The quantitative estimate of drug-likeness (QED) is 0.355. The SMILES string of the molecule is CC(C)N1CCC[C@H](CN2CCN(C(C)(C)CCC(C)(C)N3CCC(CN4CCN(C(C)(C)C)CC4)CC3)CC2)C1. The summed E-state index contributed by atoms with van der Waals surface area (Å²) in [6.45, 7) is 39.7. The van der Waals surface area contributed by atoms with Crippen LogP contribution in [0.3, 0.4) is 0 Å². The van der Waals surface area contributed by atoms with Crippen LogP contribution in [0.5, 0.6) is 0 Å². The van der Waals surface area contributed by atoms with Crippen molar-refractivity contribution in [2.75, 3.05) is 91.6 Å². The second-order valence-electron chi connectivity index (χ2n) is 16.9. The van der Waals surface area contributed by atoms with Gasteiger partial charge in [-0.3, -0.25) is 14.7 Å². The molecule has 4 aliphatic heterocycles. The molecule has 0 aromatic carbocycles. The van der Waals surface area contributed by atoms with E-state index in [-0.39, 0.29) is 5.54 Å². The molecule has 4 fully saturated rings. The minimum Gasteiger partial charge on any atom is -0.301 e. The zero-order chi connectivity index (χ0) is 29.8. The molecule has 0 unspecified atom stereocenters. The highest BCUT2D eigenvalue weighted by Crippen LogP contribution is 2.32. The van der Waals surface area contributed by atoms with Gasteiger partial charge in [-0.15, -0.1) is 0 Å². The lowest BCUT2D eigenvalue weighted by Gasteiger charge is -2.48. The van der Waals surface area contributed by atoms with Gasteiger partial charge in [0.05, 0.1) is 0 Å². The molecule has 4 rings (SSSR count). The van der Waals surface area contributed by atoms with Crippen LogP contribution in [0.15, 0.2) is 0 Å². The molecular formula is C35H70N6. The van der Waals surface area contributed by atoms with E-state index >= 15 is 0 Å². The number of hydrogen-bond acceptors (Lipinski definition) is 6. The van der Waals surface area contributed by atoms with Crippen molar-refractivity contribution in [3.8, 4) is 0 Å². The molecule has 0 aromatic rings. The maximum Gasteiger partial charge on any atom is 0.0155 e. The molecule has 0 aliphatic carbocycles. The molecular weight excluding hydrogens is 504 g/mol. The molecule has 4 heterocycles. The predicted octanol–water partition coefficient (Wildman–Crippen LogP) is 5.19. The van der Waals surface area contributed by atoms with Crippen LogP contribution in [-0.4, -0.2) is 144 Å². The highest BCUT2D eigenvalue weighted by atomic mass is 15.3. The van der Waals surface area contributed by atoms with E-state index in [4.69, 9.17) is 0 Å². The highest BCUT2D eigenvalue weighted by Gasteiger charge is 2.36. The summed E-state index contributed by atoms with van der Waals surface area (Å²) in [7, 11) is 0. The van der Waals surface area contributed by atoms with Gasteiger partial charge >= 0.3 is 0 Å². The first-order valence-electron chi connectivity index (χ1n) is 17.7. The number of likely N-dealkylation sites (tertiary alicyclic amines) is 2. The molecule has 0 spiro atoms. The maximum absolute atomic E-state index is 2.83. The van der Waals surface area contributed by atoms with Crippen molar-refractivity contribution >= 4 is 0 Å². The van der Waals surface area contributed by atoms with Crippen LogP contribution in [-0.2, 0) is 0 Å². The van der Waals surface area contributed by atoms with E-state index < -0.39 is 0 Å². The zero-order valence-corrected chi connectivity index (χ0v) is 29.1. The Morgan fingerprint density at radius 1 is 0.537 bits per heavy atom. The summed E-state index contributed by atoms with van der Waals surface area (Å²) in [6.07, 6.45) is 8.17. The van der Waals surface area contributed by atoms with Gasteiger partial charge in [-0.25, -0.2) is 0 Å². The van der Waals surface area contributed by atoms with Crippen LogP contribution in [0.2, 0.25) is 0 Å². The van der Waals surface area contributed by atoms with E-state index in [1.807, 2.05) is 0 Å². The molecule has 0 aromatic heterocycles. The Balaban J connectivity index is 1.14. The van der Waals surface area contributed by atoms with E-state index in [1.54, 1.807) is 0 Å². The van der Waals surface area contributed by atoms with E-state index in [0.717, 1.165) is 11.8 Å². The third-order valence-electron chi connectivity index (χ3n) is 11.7. The Hall–Kier alpha value is -0.240. The molecule has 4 aliphatic rings. The lowest BCUT2D eigenvalue weighted by molar-refractivity contribution is 0.0103. The molecule has 0 radical (unpaired) electrons. The predicted molar refractivity (Wildman–Crippen MR) is 177 cm³/mol. The van der Waals surface area contributed by atoms with Crippen molar-refractivity contribution in [2.45, 2.75) is 123 Å². The Morgan fingerprint density at radius 3 is 1.49 bits per heavy atom. The lowest BCUT2D eigenvalue weighted by atomic mass is 9.84. The average Bonchev–Trinajstić information content (AvgIpc) is 2.93. The first-order chi connectivity index (χ1) is 19.2. The Kier molecular flexibility index (Phi) is 11.7. The fourth-order valence-electron chi connectivity index (χ4n) is 8.23.